The number of rotatable bonds is 6. The number of phenols is 1. The third-order valence-electron chi connectivity index (χ3n) is 5.14. The van der Waals surface area contributed by atoms with Crippen LogP contribution in [-0.4, -0.2) is 19.6 Å². The molecule has 0 radical (unpaired) electrons. The Morgan fingerprint density at radius 1 is 0.964 bits per heavy atom. The summed E-state index contributed by atoms with van der Waals surface area (Å²) in [5, 5.41) is 13.4. The second-order valence-corrected chi connectivity index (χ2v) is 9.41. The molecule has 0 atom stereocenters. The number of hydrogen-bond acceptors (Lipinski definition) is 4. The van der Waals surface area contributed by atoms with Crippen molar-refractivity contribution in [1.82, 2.24) is 4.72 Å². The van der Waals surface area contributed by atoms with Crippen LogP contribution in [-0.2, 0) is 16.6 Å². The van der Waals surface area contributed by atoms with Crippen molar-refractivity contribution in [2.75, 3.05) is 5.32 Å². The second kappa shape index (κ2) is 9.63. The highest BCUT2D eigenvalue weighted by Gasteiger charge is 2.20. The van der Waals surface area contributed by atoms with E-state index >= 15 is 0 Å². The molecule has 2 aromatic carbocycles. The third-order valence-corrected chi connectivity index (χ3v) is 6.99. The Hall–Kier alpha value is -1.76. The van der Waals surface area contributed by atoms with Gasteiger partial charge in [-0.05, 0) is 43.2 Å². The van der Waals surface area contributed by atoms with Gasteiger partial charge in [0.2, 0.25) is 10.0 Å². The van der Waals surface area contributed by atoms with Crippen LogP contribution in [0.1, 0.15) is 50.5 Å². The van der Waals surface area contributed by atoms with Gasteiger partial charge < -0.3 is 10.4 Å². The zero-order valence-electron chi connectivity index (χ0n) is 15.8. The van der Waals surface area contributed by atoms with E-state index in [1.807, 2.05) is 0 Å². The molecule has 0 heterocycles. The van der Waals surface area contributed by atoms with Gasteiger partial charge in [-0.2, -0.15) is 0 Å². The Bertz CT molecular complexity index is 877. The zero-order chi connectivity index (χ0) is 20.0. The molecule has 0 unspecified atom stereocenters. The van der Waals surface area contributed by atoms with E-state index in [9.17, 15) is 13.5 Å². The van der Waals surface area contributed by atoms with Crippen molar-refractivity contribution < 1.29 is 13.5 Å². The van der Waals surface area contributed by atoms with Crippen LogP contribution in [0.15, 0.2) is 47.4 Å². The van der Waals surface area contributed by atoms with E-state index in [1.54, 1.807) is 42.5 Å². The van der Waals surface area contributed by atoms with E-state index in [2.05, 4.69) is 10.0 Å². The molecule has 3 N–H and O–H groups in total. The standard InChI is InChI=1S/C21H27ClN2O3S/c22-20-10-6-7-16(21(20)25)15-23-17-11-13-19(14-12-17)28(26,27)24-18-8-4-2-1-3-5-9-18/h6-7,10-14,18,23-25H,1-5,8-9,15H2. The molecule has 0 saturated heterocycles. The molecule has 1 aliphatic rings. The van der Waals surface area contributed by atoms with E-state index in [0.717, 1.165) is 31.4 Å². The molecule has 0 amide bonds. The predicted molar refractivity (Wildman–Crippen MR) is 113 cm³/mol. The summed E-state index contributed by atoms with van der Waals surface area (Å²) in [7, 11) is -3.52. The lowest BCUT2D eigenvalue weighted by molar-refractivity contribution is 0.426. The first kappa shape index (κ1) is 21.0. The lowest BCUT2D eigenvalue weighted by Gasteiger charge is -2.21. The fourth-order valence-electron chi connectivity index (χ4n) is 3.51. The van der Waals surface area contributed by atoms with E-state index in [1.165, 1.54) is 19.3 Å². The van der Waals surface area contributed by atoms with Gasteiger partial charge >= 0.3 is 0 Å². The van der Waals surface area contributed by atoms with Gasteiger partial charge in [0.15, 0.2) is 0 Å². The zero-order valence-corrected chi connectivity index (χ0v) is 17.4. The highest BCUT2D eigenvalue weighted by molar-refractivity contribution is 7.89. The maximum absolute atomic E-state index is 12.7. The van der Waals surface area contributed by atoms with Crippen LogP contribution in [0.2, 0.25) is 5.02 Å². The van der Waals surface area contributed by atoms with Crippen LogP contribution in [0.25, 0.3) is 0 Å². The van der Waals surface area contributed by atoms with Gasteiger partial charge in [-0.1, -0.05) is 55.8 Å². The van der Waals surface area contributed by atoms with E-state index in [4.69, 9.17) is 11.6 Å². The molecule has 28 heavy (non-hydrogen) atoms. The fraction of sp³-hybridized carbons (Fsp3) is 0.429. The van der Waals surface area contributed by atoms with Crippen molar-refractivity contribution in [3.05, 3.63) is 53.1 Å². The van der Waals surface area contributed by atoms with Crippen LogP contribution in [0.3, 0.4) is 0 Å². The van der Waals surface area contributed by atoms with E-state index in [0.29, 0.717) is 17.1 Å². The highest BCUT2D eigenvalue weighted by atomic mass is 35.5. The van der Waals surface area contributed by atoms with Gasteiger partial charge in [-0.15, -0.1) is 0 Å². The lowest BCUT2D eigenvalue weighted by atomic mass is 9.97. The van der Waals surface area contributed by atoms with Crippen LogP contribution < -0.4 is 10.0 Å². The van der Waals surface area contributed by atoms with Gasteiger partial charge in [0.25, 0.3) is 0 Å². The van der Waals surface area contributed by atoms with Crippen LogP contribution in [0.5, 0.6) is 5.75 Å². The quantitative estimate of drug-likeness (QED) is 0.608. The van der Waals surface area contributed by atoms with Gasteiger partial charge in [0.05, 0.1) is 9.92 Å². The van der Waals surface area contributed by atoms with Crippen molar-refractivity contribution in [1.29, 1.82) is 0 Å². The summed E-state index contributed by atoms with van der Waals surface area (Å²) in [6.45, 7) is 0.388. The molecule has 0 aliphatic heterocycles. The topological polar surface area (TPSA) is 78.4 Å². The first-order valence-corrected chi connectivity index (χ1v) is 11.6. The molecule has 0 spiro atoms. The summed E-state index contributed by atoms with van der Waals surface area (Å²) in [6, 6.07) is 11.9. The highest BCUT2D eigenvalue weighted by Crippen LogP contribution is 2.27. The molecule has 1 aliphatic carbocycles. The number of hydrogen-bond donors (Lipinski definition) is 3. The molecule has 1 fully saturated rings. The minimum atomic E-state index is -3.52. The van der Waals surface area contributed by atoms with Crippen molar-refractivity contribution >= 4 is 27.3 Å². The number of nitrogens with one attached hydrogen (secondary N) is 2. The molecule has 2 aromatic rings. The fourth-order valence-corrected chi connectivity index (χ4v) is 5.01. The normalized spacial score (nSPS) is 16.3. The molecule has 1 saturated carbocycles. The average Bonchev–Trinajstić information content (AvgIpc) is 2.65. The van der Waals surface area contributed by atoms with Crippen LogP contribution in [0, 0.1) is 0 Å². The molecule has 152 valence electrons. The molecule has 7 heteroatoms. The summed E-state index contributed by atoms with van der Waals surface area (Å²) < 4.78 is 28.3. The molecular formula is C21H27ClN2O3S. The monoisotopic (exact) mass is 422 g/mol. The van der Waals surface area contributed by atoms with E-state index < -0.39 is 10.0 Å². The number of halogens is 1. The number of benzene rings is 2. The van der Waals surface area contributed by atoms with Crippen LogP contribution >= 0.6 is 11.6 Å². The smallest absolute Gasteiger partial charge is 0.240 e. The average molecular weight is 423 g/mol. The number of para-hydroxylation sites is 1. The summed E-state index contributed by atoms with van der Waals surface area (Å²) in [6.07, 6.45) is 7.57. The number of sulfonamides is 1. The van der Waals surface area contributed by atoms with Crippen molar-refractivity contribution in [3.63, 3.8) is 0 Å². The Kier molecular flexibility index (Phi) is 7.21. The Balaban J connectivity index is 1.61. The van der Waals surface area contributed by atoms with Gasteiger partial charge in [0.1, 0.15) is 5.75 Å². The predicted octanol–water partition coefficient (Wildman–Crippen LogP) is 5.05. The number of phenolic OH excluding ortho intramolecular Hbond substituents is 1. The maximum atomic E-state index is 12.7. The first-order chi connectivity index (χ1) is 13.5. The summed E-state index contributed by atoms with van der Waals surface area (Å²) >= 11 is 5.91. The SMILES string of the molecule is O=S(=O)(NC1CCCCCCC1)c1ccc(NCc2cccc(Cl)c2O)cc1. The van der Waals surface area contributed by atoms with E-state index in [-0.39, 0.29) is 16.7 Å². The molecule has 0 aromatic heterocycles. The first-order valence-electron chi connectivity index (χ1n) is 9.78. The number of anilines is 1. The molecule has 5 nitrogen and oxygen atoms in total. The van der Waals surface area contributed by atoms with Crippen molar-refractivity contribution in [2.24, 2.45) is 0 Å². The Morgan fingerprint density at radius 3 is 2.29 bits per heavy atom. The lowest BCUT2D eigenvalue weighted by Crippen LogP contribution is -2.35. The molecule has 0 bridgehead atoms. The summed E-state index contributed by atoms with van der Waals surface area (Å²) in [4.78, 5) is 0.269. The van der Waals surface area contributed by atoms with Gasteiger partial charge in [-0.3, -0.25) is 0 Å². The molecular weight excluding hydrogens is 396 g/mol. The largest absolute Gasteiger partial charge is 0.506 e. The van der Waals surface area contributed by atoms with Crippen molar-refractivity contribution in [2.45, 2.75) is 62.4 Å². The maximum Gasteiger partial charge on any atom is 0.240 e. The van der Waals surface area contributed by atoms with Crippen LogP contribution in [0.4, 0.5) is 5.69 Å². The third kappa shape index (κ3) is 5.63. The summed E-state index contributed by atoms with van der Waals surface area (Å²) in [5.74, 6) is 0.0549. The van der Waals surface area contributed by atoms with Gasteiger partial charge in [0, 0.05) is 23.8 Å². The Labute approximate surface area is 172 Å². The minimum absolute atomic E-state index is 0.0221. The molecule has 3 rings (SSSR count). The van der Waals surface area contributed by atoms with Crippen molar-refractivity contribution in [3.8, 4) is 5.75 Å². The van der Waals surface area contributed by atoms with Gasteiger partial charge in [-0.25, -0.2) is 13.1 Å². The second-order valence-electron chi connectivity index (χ2n) is 7.29. The number of aromatic hydroxyl groups is 1. The minimum Gasteiger partial charge on any atom is -0.506 e. The summed E-state index contributed by atoms with van der Waals surface area (Å²) in [5.41, 5.74) is 1.44. The Morgan fingerprint density at radius 2 is 1.61 bits per heavy atom.